The third-order valence-electron chi connectivity index (χ3n) is 6.39. The molecule has 0 bridgehead atoms. The molecule has 1 unspecified atom stereocenters. The van der Waals surface area contributed by atoms with Gasteiger partial charge in [0.2, 0.25) is 0 Å². The average molecular weight is 524 g/mol. The number of aryl methyl sites for hydroxylation is 1. The lowest BCUT2D eigenvalue weighted by Crippen LogP contribution is -2.17. The minimum Gasteiger partial charge on any atom is -0.305 e. The zero-order valence-corrected chi connectivity index (χ0v) is 23.7. The molecule has 1 amide bonds. The van der Waals surface area contributed by atoms with Gasteiger partial charge in [0, 0.05) is 6.54 Å². The van der Waals surface area contributed by atoms with Gasteiger partial charge in [0.1, 0.15) is 15.7 Å². The summed E-state index contributed by atoms with van der Waals surface area (Å²) in [6.07, 6.45) is -0.00350. The van der Waals surface area contributed by atoms with Crippen LogP contribution in [0.25, 0.3) is 11.1 Å². The Hall–Kier alpha value is -2.87. The summed E-state index contributed by atoms with van der Waals surface area (Å²) in [4.78, 5) is 15.5. The van der Waals surface area contributed by atoms with E-state index < -0.39 is 15.8 Å². The van der Waals surface area contributed by atoms with E-state index in [0.29, 0.717) is 10.5 Å². The van der Waals surface area contributed by atoms with Gasteiger partial charge < -0.3 is 4.90 Å². The molecule has 5 nitrogen and oxygen atoms in total. The van der Waals surface area contributed by atoms with Gasteiger partial charge in [-0.05, 0) is 90.0 Å². The van der Waals surface area contributed by atoms with Crippen molar-refractivity contribution < 1.29 is 13.4 Å². The molecular weight excluding hydrogens is 485 g/mol. The fourth-order valence-corrected chi connectivity index (χ4v) is 5.43. The van der Waals surface area contributed by atoms with Gasteiger partial charge in [-0.1, -0.05) is 64.1 Å². The molecule has 0 aliphatic rings. The maximum atomic E-state index is 14.3. The van der Waals surface area contributed by atoms with E-state index in [4.69, 9.17) is 5.14 Å². The lowest BCUT2D eigenvalue weighted by atomic mass is 9.84. The Kier molecular flexibility index (Phi) is 9.05. The Bertz CT molecular complexity index is 1370. The molecule has 0 aliphatic carbocycles. The van der Waals surface area contributed by atoms with Crippen LogP contribution in [0.1, 0.15) is 67.3 Å². The molecule has 3 rings (SSSR count). The fourth-order valence-electron chi connectivity index (χ4n) is 4.43. The molecule has 0 aliphatic heterocycles. The Labute approximate surface area is 221 Å². The summed E-state index contributed by atoms with van der Waals surface area (Å²) < 4.78 is 31.5. The first-order valence-corrected chi connectivity index (χ1v) is 14.1. The Morgan fingerprint density at radius 2 is 1.51 bits per heavy atom. The summed E-state index contributed by atoms with van der Waals surface area (Å²) in [6, 6.07) is 16.3. The quantitative estimate of drug-likeness (QED) is 0.362. The summed E-state index contributed by atoms with van der Waals surface area (Å²) >= 11 is 0. The van der Waals surface area contributed by atoms with Crippen molar-refractivity contribution in [3.05, 3.63) is 88.2 Å². The molecule has 2 N–H and O–H groups in total. The number of nitrogens with two attached hydrogens (primary N) is 1. The van der Waals surface area contributed by atoms with Gasteiger partial charge in [-0.15, -0.1) is 4.36 Å². The minimum absolute atomic E-state index is 0.00350. The second-order valence-electron chi connectivity index (χ2n) is 10.5. The van der Waals surface area contributed by atoms with Gasteiger partial charge in [-0.3, -0.25) is 4.79 Å². The van der Waals surface area contributed by atoms with E-state index >= 15 is 0 Å². The topological polar surface area (TPSA) is 75.8 Å². The summed E-state index contributed by atoms with van der Waals surface area (Å²) in [5.74, 6) is -0.549. The summed E-state index contributed by atoms with van der Waals surface area (Å²) in [7, 11) is 0.556. The van der Waals surface area contributed by atoms with Crippen LogP contribution in [0.2, 0.25) is 0 Å². The molecule has 0 radical (unpaired) electrons. The molecule has 198 valence electrons. The third kappa shape index (κ3) is 7.12. The number of hydrogen-bond acceptors (Lipinski definition) is 3. The first-order valence-electron chi connectivity index (χ1n) is 12.5. The molecule has 0 saturated carbocycles. The van der Waals surface area contributed by atoms with Crippen LogP contribution in [0.3, 0.4) is 0 Å². The van der Waals surface area contributed by atoms with Crippen LogP contribution in [0, 0.1) is 12.7 Å². The molecular formula is C30H38FN3O2S. The van der Waals surface area contributed by atoms with E-state index in [1.807, 2.05) is 49.3 Å². The SMILES string of the molecule is Cc1ccc(-c2cc(C(C)C)c(CC(=O)N=S(N)(=O)c3ccc(CN(C)C)cc3)c(C(C)C)c2)cc1F. The standard InChI is InChI=1S/C30H38FN3O2S/c1-19(2)26-14-24(23-11-8-21(5)29(31)16-23)15-27(20(3)4)28(26)17-30(35)33-37(32,36)25-12-9-22(10-13-25)18-34(6)7/h8-16,19-20H,17-18H2,1-7H3,(H2,32,33,35,36). The maximum absolute atomic E-state index is 14.3. The monoisotopic (exact) mass is 523 g/mol. The molecule has 1 atom stereocenters. The van der Waals surface area contributed by atoms with Crippen LogP contribution in [0.5, 0.6) is 0 Å². The molecule has 3 aromatic carbocycles. The van der Waals surface area contributed by atoms with Crippen molar-refractivity contribution in [2.45, 2.75) is 64.3 Å². The summed E-state index contributed by atoms with van der Waals surface area (Å²) in [5, 5.41) is 6.06. The van der Waals surface area contributed by atoms with Gasteiger partial charge in [0.25, 0.3) is 5.91 Å². The number of hydrogen-bond donors (Lipinski definition) is 1. The first-order chi connectivity index (χ1) is 17.3. The van der Waals surface area contributed by atoms with E-state index in [-0.39, 0.29) is 24.1 Å². The second kappa shape index (κ2) is 11.7. The van der Waals surface area contributed by atoms with Gasteiger partial charge in [-0.2, -0.15) is 0 Å². The van der Waals surface area contributed by atoms with E-state index in [1.165, 1.54) is 0 Å². The number of carbonyl (C=O) groups excluding carboxylic acids is 1. The van der Waals surface area contributed by atoms with Crippen molar-refractivity contribution in [2.24, 2.45) is 9.50 Å². The highest BCUT2D eigenvalue weighted by molar-refractivity contribution is 7.91. The largest absolute Gasteiger partial charge is 0.305 e. The molecule has 0 saturated heterocycles. The minimum atomic E-state index is -3.38. The highest BCUT2D eigenvalue weighted by atomic mass is 32.2. The van der Waals surface area contributed by atoms with Crippen molar-refractivity contribution in [3.63, 3.8) is 0 Å². The van der Waals surface area contributed by atoms with Crippen molar-refractivity contribution in [2.75, 3.05) is 14.1 Å². The molecule has 37 heavy (non-hydrogen) atoms. The van der Waals surface area contributed by atoms with Crippen molar-refractivity contribution in [3.8, 4) is 11.1 Å². The van der Waals surface area contributed by atoms with Crippen molar-refractivity contribution >= 4 is 15.8 Å². The average Bonchev–Trinajstić information content (AvgIpc) is 2.80. The van der Waals surface area contributed by atoms with Crippen LogP contribution < -0.4 is 5.14 Å². The predicted octanol–water partition coefficient (Wildman–Crippen LogP) is 6.58. The van der Waals surface area contributed by atoms with Gasteiger partial charge in [0.05, 0.1) is 11.3 Å². The highest BCUT2D eigenvalue weighted by Gasteiger charge is 2.20. The zero-order chi connectivity index (χ0) is 27.5. The van der Waals surface area contributed by atoms with Gasteiger partial charge in [0.15, 0.2) is 0 Å². The lowest BCUT2D eigenvalue weighted by Gasteiger charge is -2.21. The number of amides is 1. The zero-order valence-electron chi connectivity index (χ0n) is 22.8. The molecule has 0 aromatic heterocycles. The first kappa shape index (κ1) is 28.7. The van der Waals surface area contributed by atoms with Crippen LogP contribution in [-0.4, -0.2) is 29.1 Å². The number of nitrogens with zero attached hydrogens (tertiary/aromatic N) is 2. The van der Waals surface area contributed by atoms with Crippen LogP contribution in [-0.2, 0) is 27.7 Å². The van der Waals surface area contributed by atoms with Gasteiger partial charge in [-0.25, -0.2) is 13.7 Å². The summed E-state index contributed by atoms with van der Waals surface area (Å²) in [5.41, 5.74) is 6.18. The van der Waals surface area contributed by atoms with Gasteiger partial charge >= 0.3 is 0 Å². The Morgan fingerprint density at radius 3 is 2.00 bits per heavy atom. The molecule has 3 aromatic rings. The number of rotatable bonds is 8. The maximum Gasteiger partial charge on any atom is 0.259 e. The third-order valence-corrected chi connectivity index (χ3v) is 7.82. The Balaban J connectivity index is 2.01. The van der Waals surface area contributed by atoms with Crippen molar-refractivity contribution in [1.82, 2.24) is 4.90 Å². The van der Waals surface area contributed by atoms with E-state index in [1.54, 1.807) is 31.2 Å². The van der Waals surface area contributed by atoms with E-state index in [0.717, 1.165) is 39.9 Å². The number of benzene rings is 3. The second-order valence-corrected chi connectivity index (χ2v) is 12.3. The molecule has 0 spiro atoms. The predicted molar refractivity (Wildman–Crippen MR) is 150 cm³/mol. The van der Waals surface area contributed by atoms with Crippen molar-refractivity contribution in [1.29, 1.82) is 0 Å². The number of halogens is 1. The molecule has 0 heterocycles. The molecule has 0 fully saturated rings. The fraction of sp³-hybridized carbons (Fsp3) is 0.367. The lowest BCUT2D eigenvalue weighted by molar-refractivity contribution is -0.117. The normalized spacial score (nSPS) is 13.3. The van der Waals surface area contributed by atoms with Crippen LogP contribution in [0.4, 0.5) is 4.39 Å². The molecule has 7 heteroatoms. The van der Waals surface area contributed by atoms with E-state index in [2.05, 4.69) is 32.1 Å². The Morgan fingerprint density at radius 1 is 0.946 bits per heavy atom. The van der Waals surface area contributed by atoms with Crippen LogP contribution >= 0.6 is 0 Å². The highest BCUT2D eigenvalue weighted by Crippen LogP contribution is 2.34. The number of carbonyl (C=O) groups is 1. The summed E-state index contributed by atoms with van der Waals surface area (Å²) in [6.45, 7) is 10.7. The van der Waals surface area contributed by atoms with E-state index in [9.17, 15) is 13.4 Å². The van der Waals surface area contributed by atoms with Crippen LogP contribution in [0.15, 0.2) is 63.9 Å². The smallest absolute Gasteiger partial charge is 0.259 e.